The Kier molecular flexibility index (Phi) is 2.43. The first-order valence-corrected chi connectivity index (χ1v) is 5.07. The van der Waals surface area contributed by atoms with E-state index in [2.05, 4.69) is 36.7 Å². The first-order valence-electron chi connectivity index (χ1n) is 20.1. The fourth-order valence-electron chi connectivity index (χ4n) is 0.854. The molecule has 0 radical (unpaired) electrons. The quantitative estimate of drug-likeness (QED) is 0.252. The van der Waals surface area contributed by atoms with Crippen LogP contribution in [0.2, 0.25) is 0 Å². The molecule has 0 spiro atoms. The van der Waals surface area contributed by atoms with Gasteiger partial charge in [0.1, 0.15) is 11.8 Å². The molecular formula is C10H46N10. The molecule has 0 fully saturated rings. The van der Waals surface area contributed by atoms with Crippen LogP contribution in [-0.4, -0.2) is 25.8 Å². The third kappa shape index (κ3) is 6.55. The first-order chi connectivity index (χ1) is 24.8. The highest BCUT2D eigenvalue weighted by molar-refractivity contribution is 5.94. The first kappa shape index (κ1) is 4.44. The smallest absolute Gasteiger partial charge is 0.170 e. The number of hydrazone groups is 1. The van der Waals surface area contributed by atoms with Gasteiger partial charge in [0.15, 0.2) is 11.5 Å². The standard InChI is InChI=1S/C5H7N5.C5H3N3.H4N2.16H2/c6-5(10-7)4-3-8-1-2-9-4;6-3-5-4-7-1-2-8-5;1-2;;;;;;;;;;;;;;;;/h1-3H,7H2,(H2,6,10);1-2,4H;1-2H2;16*1H/i;;;15*1+2T;1+2. The van der Waals surface area contributed by atoms with Crippen molar-refractivity contribution < 1.29 is 46.0 Å². The van der Waals surface area contributed by atoms with E-state index >= 15 is 0 Å². The molecule has 0 atom stereocenters. The molecule has 8 N–H and O–H groups in total. The minimum Gasteiger partial charge on any atom is -0.380 e. The molecule has 136 valence electrons. The predicted octanol–water partition coefficient (Wildman–Crippen LogP) is 2.16. The highest BCUT2D eigenvalue weighted by Crippen LogP contribution is 1.86. The molecule has 0 amide bonds. The zero-order valence-electron chi connectivity index (χ0n) is 40.5. The van der Waals surface area contributed by atoms with E-state index < -0.39 is 0 Å². The minimum absolute atomic E-state index is 0. The molecule has 0 bridgehead atoms. The molecule has 2 rings (SSSR count). The van der Waals surface area contributed by atoms with Crippen LogP contribution in [0.4, 0.5) is 0 Å². The van der Waals surface area contributed by atoms with Crippen LogP contribution in [0, 0.1) is 11.3 Å². The molecule has 0 aliphatic rings. The molecule has 0 aliphatic heterocycles. The lowest BCUT2D eigenvalue weighted by molar-refractivity contribution is 1.14. The SMILES string of the molecule is N#Cc1cnccn1.N/N=C(\N)c1cnccn1.NN.[3HH].[3H][3H].[3H][3H].[3H][3H].[3H][3H].[3H][3H].[3H][3H].[3H][3H].[3H][3H].[3H][3H].[3H][3H].[3H][3H].[3H][3H].[3H][3H].[3H][3H].[3H][3H]. The molecular weight excluding hydrogens is 260 g/mol. The van der Waals surface area contributed by atoms with Crippen LogP contribution in [0.25, 0.3) is 0 Å². The van der Waals surface area contributed by atoms with Crippen molar-refractivity contribution in [1.82, 2.24) is 19.9 Å². The maximum Gasteiger partial charge on any atom is 0.170 e. The van der Waals surface area contributed by atoms with Gasteiger partial charge in [-0.1, -0.05) is 0 Å². The fraction of sp³-hybridized carbons (Fsp3) is 0. The predicted molar refractivity (Wildman–Crippen MR) is 106 cm³/mol. The van der Waals surface area contributed by atoms with Crippen molar-refractivity contribution >= 4 is 5.84 Å². The third-order valence-electron chi connectivity index (χ3n) is 1.64. The average molecular weight is 369 g/mol. The maximum absolute atomic E-state index is 8.19. The van der Waals surface area contributed by atoms with Crippen LogP contribution in [-0.2, 0) is 0 Å². The van der Waals surface area contributed by atoms with E-state index in [-0.39, 0.29) is 7.26 Å². The number of nitriles is 1. The second-order valence-electron chi connectivity index (χ2n) is 2.81. The van der Waals surface area contributed by atoms with Crippen LogP contribution in [0.15, 0.2) is 42.3 Å². The topological polar surface area (TPSA) is 192 Å². The van der Waals surface area contributed by atoms with Crippen molar-refractivity contribution in [3.8, 4) is 6.07 Å². The van der Waals surface area contributed by atoms with E-state index in [1.54, 1.807) is 6.20 Å². The number of hydrazine groups is 1. The van der Waals surface area contributed by atoms with Gasteiger partial charge in [-0.05, 0) is 0 Å². The lowest BCUT2D eigenvalue weighted by Crippen LogP contribution is -2.17. The van der Waals surface area contributed by atoms with Crippen molar-refractivity contribution in [2.45, 2.75) is 0 Å². The number of hydrogen-bond acceptors (Lipinski definition) is 9. The molecule has 0 aromatic carbocycles. The van der Waals surface area contributed by atoms with Gasteiger partial charge in [0.25, 0.3) is 0 Å². The Hall–Kier alpha value is -3.16. The molecule has 2 aromatic rings. The molecule has 0 unspecified atom stereocenters. The number of nitrogens with two attached hydrogens (primary N) is 4. The average Bonchev–Trinajstić information content (AvgIpc) is 3.32. The largest absolute Gasteiger partial charge is 0.380 e. The molecule has 0 saturated carbocycles. The second kappa shape index (κ2) is 11.0. The Morgan fingerprint density at radius 3 is 2.10 bits per heavy atom. The fourth-order valence-corrected chi connectivity index (χ4v) is 0.854. The summed E-state index contributed by atoms with van der Waals surface area (Å²) in [6, 6.07) is 1.85. The summed E-state index contributed by atoms with van der Waals surface area (Å²) in [4.78, 5) is 15.0. The van der Waals surface area contributed by atoms with Gasteiger partial charge < -0.3 is 11.6 Å². The Balaban J connectivity index is -0.0000000171. The molecule has 10 heteroatoms. The van der Waals surface area contributed by atoms with Gasteiger partial charge in [0, 0.05) is 70.8 Å². The van der Waals surface area contributed by atoms with Gasteiger partial charge in [-0.15, -0.1) is 0 Å². The Morgan fingerprint density at radius 2 is 1.75 bits per heavy atom. The maximum atomic E-state index is 8.19. The number of aromatic nitrogens is 4. The summed E-state index contributed by atoms with van der Waals surface area (Å²) < 4.78 is 150. The molecule has 10 nitrogen and oxygen atoms in total. The van der Waals surface area contributed by atoms with Gasteiger partial charge in [0.05, 0.1) is 12.4 Å². The summed E-state index contributed by atoms with van der Waals surface area (Å²) in [6.07, 6.45) is 8.99. The molecule has 2 heterocycles. The van der Waals surface area contributed by atoms with Crippen molar-refractivity contribution in [1.29, 1.82) is 5.26 Å². The van der Waals surface area contributed by atoms with Crippen LogP contribution in [0.1, 0.15) is 57.4 Å². The van der Waals surface area contributed by atoms with Gasteiger partial charge in [-0.25, -0.2) is 9.97 Å². The Bertz CT molecular complexity index is 582. The zero-order valence-corrected chi connectivity index (χ0v) is 10.5. The van der Waals surface area contributed by atoms with Crippen molar-refractivity contribution in [3.05, 3.63) is 48.6 Å². The molecule has 0 aliphatic carbocycles. The number of hydrogen-bond donors (Lipinski definition) is 4. The summed E-state index contributed by atoms with van der Waals surface area (Å²) in [5.41, 5.74) is 6.16. The van der Waals surface area contributed by atoms with Gasteiger partial charge in [0.2, 0.25) is 0 Å². The lowest BCUT2D eigenvalue weighted by atomic mass is 10.4. The summed E-state index contributed by atoms with van der Waals surface area (Å²) in [7, 11) is 0. The van der Waals surface area contributed by atoms with E-state index in [0.717, 1.165) is 0 Å². The van der Waals surface area contributed by atoms with Gasteiger partial charge in [-0.3, -0.25) is 21.7 Å². The summed E-state index contributed by atoms with van der Waals surface area (Å²) in [6.45, 7) is 0. The normalized spacial score (nSPS) is 15.2. The highest BCUT2D eigenvalue weighted by atomic mass is 15.2. The van der Waals surface area contributed by atoms with Gasteiger partial charge >= 0.3 is 0 Å². The summed E-state index contributed by atoms with van der Waals surface area (Å²) in [5.74, 6) is 13.1. The van der Waals surface area contributed by atoms with Crippen LogP contribution in [0.3, 0.4) is 0 Å². The molecule has 20 heavy (non-hydrogen) atoms. The van der Waals surface area contributed by atoms with E-state index in [9.17, 15) is 0 Å². The third-order valence-corrected chi connectivity index (χ3v) is 1.64. The monoisotopic (exact) mass is 369 g/mol. The number of rotatable bonds is 1. The number of nitrogens with zero attached hydrogens (tertiary/aromatic N) is 6. The molecule has 0 saturated heterocycles. The Morgan fingerprint density at radius 1 is 1.15 bits per heavy atom. The highest BCUT2D eigenvalue weighted by Gasteiger charge is 1.95. The van der Waals surface area contributed by atoms with Gasteiger partial charge in [-0.2, -0.15) is 10.4 Å². The summed E-state index contributed by atoms with van der Waals surface area (Å²) >= 11 is 0. The zero-order chi connectivity index (χ0) is 45.2. The summed E-state index contributed by atoms with van der Waals surface area (Å²) in [5, 5.41) is 11.4. The van der Waals surface area contributed by atoms with Crippen molar-refractivity contribution in [3.63, 3.8) is 0 Å². The van der Waals surface area contributed by atoms with E-state index in [1.807, 2.05) is 6.07 Å². The van der Waals surface area contributed by atoms with E-state index in [0.29, 0.717) is 11.4 Å². The van der Waals surface area contributed by atoms with Crippen LogP contribution in [0.5, 0.6) is 0 Å². The lowest BCUT2D eigenvalue weighted by Gasteiger charge is -1.93. The van der Waals surface area contributed by atoms with E-state index in [1.165, 1.54) is 31.0 Å². The van der Waals surface area contributed by atoms with E-state index in [4.69, 9.17) is 61.4 Å². The Labute approximate surface area is 162 Å². The molecule has 2 aromatic heterocycles. The minimum atomic E-state index is 0. The van der Waals surface area contributed by atoms with Crippen LogP contribution < -0.4 is 23.3 Å². The van der Waals surface area contributed by atoms with Crippen molar-refractivity contribution in [2.24, 2.45) is 28.4 Å². The van der Waals surface area contributed by atoms with Crippen LogP contribution >= 0.6 is 0 Å². The second-order valence-corrected chi connectivity index (χ2v) is 2.81. The number of amidine groups is 1. The van der Waals surface area contributed by atoms with Crippen molar-refractivity contribution in [2.75, 3.05) is 0 Å².